The molecule has 0 aromatic heterocycles. The summed E-state index contributed by atoms with van der Waals surface area (Å²) < 4.78 is 5.65. The summed E-state index contributed by atoms with van der Waals surface area (Å²) in [5.41, 5.74) is 2.61. The molecule has 30 heavy (non-hydrogen) atoms. The minimum Gasteiger partial charge on any atom is -0.493 e. The number of benzene rings is 2. The zero-order valence-electron chi connectivity index (χ0n) is 18.0. The number of nitrogens with zero attached hydrogens (tertiary/aromatic N) is 1. The molecule has 2 aromatic rings. The van der Waals surface area contributed by atoms with Gasteiger partial charge in [-0.15, -0.1) is 0 Å². The Morgan fingerprint density at radius 2 is 1.73 bits per heavy atom. The van der Waals surface area contributed by atoms with Crippen molar-refractivity contribution in [3.8, 4) is 5.75 Å². The average Bonchev–Trinajstić information content (AvgIpc) is 2.73. The molecule has 3 rings (SSSR count). The number of nitrogens with one attached hydrogen (secondary N) is 2. The maximum Gasteiger partial charge on any atom is 0.257 e. The summed E-state index contributed by atoms with van der Waals surface area (Å²) in [6.07, 6.45) is 2.47. The minimum atomic E-state index is -0.248. The Balaban J connectivity index is 1.49. The summed E-state index contributed by atoms with van der Waals surface area (Å²) in [5, 5.41) is 6.09. The fourth-order valence-corrected chi connectivity index (χ4v) is 3.54. The van der Waals surface area contributed by atoms with Crippen molar-refractivity contribution in [1.29, 1.82) is 0 Å². The molecule has 6 heteroatoms. The van der Waals surface area contributed by atoms with Crippen molar-refractivity contribution in [2.75, 3.05) is 29.9 Å². The molecule has 5 nitrogen and oxygen atoms in total. The van der Waals surface area contributed by atoms with Gasteiger partial charge in [-0.05, 0) is 85.4 Å². The Bertz CT molecular complexity index is 842. The predicted octanol–water partition coefficient (Wildman–Crippen LogP) is 5.08. The third kappa shape index (κ3) is 6.46. The fraction of sp³-hybridized carbons (Fsp3) is 0.417. The van der Waals surface area contributed by atoms with Crippen LogP contribution < -0.4 is 20.3 Å². The predicted molar refractivity (Wildman–Crippen MR) is 128 cm³/mol. The molecule has 0 atom stereocenters. The molecular weight excluding hydrogens is 394 g/mol. The number of piperidine rings is 1. The van der Waals surface area contributed by atoms with Gasteiger partial charge in [0.05, 0.1) is 6.61 Å². The highest BCUT2D eigenvalue weighted by Gasteiger charge is 2.16. The monoisotopic (exact) mass is 425 g/mol. The van der Waals surface area contributed by atoms with Crippen LogP contribution >= 0.6 is 12.2 Å². The van der Waals surface area contributed by atoms with E-state index >= 15 is 0 Å². The highest BCUT2D eigenvalue weighted by molar-refractivity contribution is 7.80. The standard InChI is InChI=1S/C24H31N3O2S/c1-17(2)16-29-22-10-4-19(5-11-22)23(28)26-24(30)25-20-6-8-21(9-7-20)27-14-12-18(3)13-15-27/h4-11,17-18H,12-16H2,1-3H3,(H2,25,26,28,30). The zero-order valence-corrected chi connectivity index (χ0v) is 18.8. The van der Waals surface area contributed by atoms with Gasteiger partial charge < -0.3 is 15.0 Å². The van der Waals surface area contributed by atoms with Gasteiger partial charge in [0.1, 0.15) is 5.75 Å². The molecule has 1 aliphatic rings. The second-order valence-corrected chi connectivity index (χ2v) is 8.76. The summed E-state index contributed by atoms with van der Waals surface area (Å²) in [6, 6.07) is 15.3. The molecule has 1 amide bonds. The number of carbonyl (C=O) groups is 1. The average molecular weight is 426 g/mol. The van der Waals surface area contributed by atoms with Crippen molar-refractivity contribution in [2.45, 2.75) is 33.6 Å². The number of thiocarbonyl (C=S) groups is 1. The van der Waals surface area contributed by atoms with Gasteiger partial charge in [0.15, 0.2) is 5.11 Å². The van der Waals surface area contributed by atoms with Crippen molar-refractivity contribution >= 4 is 34.6 Å². The molecule has 1 saturated heterocycles. The van der Waals surface area contributed by atoms with Crippen LogP contribution in [0.3, 0.4) is 0 Å². The first-order valence-electron chi connectivity index (χ1n) is 10.6. The number of ether oxygens (including phenoxy) is 1. The van der Waals surface area contributed by atoms with Gasteiger partial charge in [-0.3, -0.25) is 10.1 Å². The number of amides is 1. The van der Waals surface area contributed by atoms with Gasteiger partial charge in [0.2, 0.25) is 0 Å². The van der Waals surface area contributed by atoms with Crippen LogP contribution in [0.2, 0.25) is 0 Å². The lowest BCUT2D eigenvalue weighted by molar-refractivity contribution is 0.0977. The maximum absolute atomic E-state index is 12.4. The first-order valence-corrected chi connectivity index (χ1v) is 11.0. The first kappa shape index (κ1) is 22.1. The van der Waals surface area contributed by atoms with E-state index in [0.29, 0.717) is 18.1 Å². The van der Waals surface area contributed by atoms with Crippen molar-refractivity contribution in [3.05, 3.63) is 54.1 Å². The fourth-order valence-electron chi connectivity index (χ4n) is 3.33. The third-order valence-corrected chi connectivity index (χ3v) is 5.40. The van der Waals surface area contributed by atoms with Crippen molar-refractivity contribution < 1.29 is 9.53 Å². The number of rotatable bonds is 6. The quantitative estimate of drug-likeness (QED) is 0.632. The topological polar surface area (TPSA) is 53.6 Å². The Morgan fingerprint density at radius 3 is 2.33 bits per heavy atom. The van der Waals surface area contributed by atoms with Gasteiger partial charge in [-0.2, -0.15) is 0 Å². The van der Waals surface area contributed by atoms with Gasteiger partial charge in [0, 0.05) is 30.0 Å². The molecule has 0 bridgehead atoms. The van der Waals surface area contributed by atoms with Crippen molar-refractivity contribution in [2.24, 2.45) is 11.8 Å². The Kier molecular flexibility index (Phi) is 7.69. The number of hydrogen-bond acceptors (Lipinski definition) is 4. The zero-order chi connectivity index (χ0) is 21.5. The Morgan fingerprint density at radius 1 is 1.10 bits per heavy atom. The van der Waals surface area contributed by atoms with Gasteiger partial charge >= 0.3 is 0 Å². The summed E-state index contributed by atoms with van der Waals surface area (Å²) in [5.74, 6) is 1.77. The van der Waals surface area contributed by atoms with Gasteiger partial charge in [-0.25, -0.2) is 0 Å². The van der Waals surface area contributed by atoms with E-state index in [9.17, 15) is 4.79 Å². The van der Waals surface area contributed by atoms with Gasteiger partial charge in [0.25, 0.3) is 5.91 Å². The first-order chi connectivity index (χ1) is 14.4. The molecule has 0 spiro atoms. The lowest BCUT2D eigenvalue weighted by Gasteiger charge is -2.32. The molecule has 1 fully saturated rings. The smallest absolute Gasteiger partial charge is 0.257 e. The molecule has 1 heterocycles. The van der Waals surface area contributed by atoms with Crippen LogP contribution in [0.1, 0.15) is 44.0 Å². The Labute approximate surface area is 184 Å². The highest BCUT2D eigenvalue weighted by Crippen LogP contribution is 2.24. The van der Waals surface area contributed by atoms with E-state index in [1.165, 1.54) is 18.5 Å². The number of hydrogen-bond donors (Lipinski definition) is 2. The molecule has 2 aromatic carbocycles. The normalized spacial score (nSPS) is 14.5. The van der Waals surface area contributed by atoms with Crippen LogP contribution in [0.4, 0.5) is 11.4 Å². The maximum atomic E-state index is 12.4. The van der Waals surface area contributed by atoms with E-state index in [1.54, 1.807) is 24.3 Å². The van der Waals surface area contributed by atoms with Crippen LogP contribution in [0.25, 0.3) is 0 Å². The highest BCUT2D eigenvalue weighted by atomic mass is 32.1. The minimum absolute atomic E-state index is 0.248. The SMILES string of the molecule is CC(C)COc1ccc(C(=O)NC(=S)Nc2ccc(N3CCC(C)CC3)cc2)cc1. The third-order valence-electron chi connectivity index (χ3n) is 5.20. The van der Waals surface area contributed by atoms with E-state index in [-0.39, 0.29) is 11.0 Å². The van der Waals surface area contributed by atoms with E-state index in [2.05, 4.69) is 48.4 Å². The van der Waals surface area contributed by atoms with Crippen LogP contribution in [0, 0.1) is 11.8 Å². The summed E-state index contributed by atoms with van der Waals surface area (Å²) in [4.78, 5) is 14.8. The van der Waals surface area contributed by atoms with Crippen molar-refractivity contribution in [1.82, 2.24) is 5.32 Å². The number of carbonyl (C=O) groups excluding carboxylic acids is 1. The van der Waals surface area contributed by atoms with E-state index < -0.39 is 0 Å². The van der Waals surface area contributed by atoms with Crippen LogP contribution in [0.15, 0.2) is 48.5 Å². The molecule has 2 N–H and O–H groups in total. The second kappa shape index (κ2) is 10.4. The van der Waals surface area contributed by atoms with Crippen LogP contribution in [-0.4, -0.2) is 30.7 Å². The molecule has 0 radical (unpaired) electrons. The largest absolute Gasteiger partial charge is 0.493 e. The lowest BCUT2D eigenvalue weighted by atomic mass is 9.99. The summed E-state index contributed by atoms with van der Waals surface area (Å²) >= 11 is 5.30. The molecule has 0 aliphatic carbocycles. The molecule has 160 valence electrons. The molecule has 0 saturated carbocycles. The molecule has 1 aliphatic heterocycles. The molecule has 0 unspecified atom stereocenters. The van der Waals surface area contributed by atoms with E-state index in [4.69, 9.17) is 17.0 Å². The Hall–Kier alpha value is -2.60. The van der Waals surface area contributed by atoms with Gasteiger partial charge in [-0.1, -0.05) is 20.8 Å². The molecular formula is C24H31N3O2S. The van der Waals surface area contributed by atoms with Crippen LogP contribution in [0.5, 0.6) is 5.75 Å². The van der Waals surface area contributed by atoms with Crippen LogP contribution in [-0.2, 0) is 0 Å². The summed E-state index contributed by atoms with van der Waals surface area (Å²) in [6.45, 7) is 9.35. The summed E-state index contributed by atoms with van der Waals surface area (Å²) in [7, 11) is 0. The second-order valence-electron chi connectivity index (χ2n) is 8.35. The lowest BCUT2D eigenvalue weighted by Crippen LogP contribution is -2.34. The number of anilines is 2. The van der Waals surface area contributed by atoms with Crippen molar-refractivity contribution in [3.63, 3.8) is 0 Å². The van der Waals surface area contributed by atoms with E-state index in [0.717, 1.165) is 30.4 Å². The van der Waals surface area contributed by atoms with E-state index in [1.807, 2.05) is 12.1 Å².